The fraction of sp³-hybridized carbons (Fsp3) is 0.353. The van der Waals surface area contributed by atoms with E-state index in [9.17, 15) is 13.2 Å². The van der Waals surface area contributed by atoms with Gasteiger partial charge in [0.2, 0.25) is 15.9 Å². The number of sulfonamides is 1. The van der Waals surface area contributed by atoms with Crippen molar-refractivity contribution in [3.8, 4) is 0 Å². The largest absolute Gasteiger partial charge is 0.354 e. The van der Waals surface area contributed by atoms with Crippen LogP contribution in [0.2, 0.25) is 0 Å². The van der Waals surface area contributed by atoms with E-state index in [1.54, 1.807) is 23.5 Å². The Morgan fingerprint density at radius 2 is 1.88 bits per heavy atom. The Morgan fingerprint density at radius 1 is 1.20 bits per heavy atom. The third kappa shape index (κ3) is 5.91. The van der Waals surface area contributed by atoms with Crippen LogP contribution in [-0.4, -0.2) is 26.9 Å². The van der Waals surface area contributed by atoms with Crippen molar-refractivity contribution in [3.63, 3.8) is 0 Å². The topological polar surface area (TPSA) is 75.3 Å². The van der Waals surface area contributed by atoms with Crippen LogP contribution in [0.3, 0.4) is 0 Å². The minimum absolute atomic E-state index is 0.132. The molecule has 8 heteroatoms. The smallest absolute Gasteiger partial charge is 0.241 e. The maximum absolute atomic E-state index is 12.5. The lowest BCUT2D eigenvalue weighted by molar-refractivity contribution is -0.123. The van der Waals surface area contributed by atoms with Gasteiger partial charge in [0, 0.05) is 15.9 Å². The summed E-state index contributed by atoms with van der Waals surface area (Å²) >= 11 is 4.91. The molecule has 1 atom stereocenters. The molecule has 2 N–H and O–H groups in total. The maximum atomic E-state index is 12.5. The molecule has 1 aromatic heterocycles. The number of carbonyl (C=O) groups is 1. The molecule has 2 rings (SSSR count). The minimum atomic E-state index is -3.76. The summed E-state index contributed by atoms with van der Waals surface area (Å²) < 4.78 is 28.3. The van der Waals surface area contributed by atoms with E-state index >= 15 is 0 Å². The van der Waals surface area contributed by atoms with Crippen molar-refractivity contribution in [2.45, 2.75) is 31.2 Å². The van der Waals surface area contributed by atoms with Crippen LogP contribution in [0.5, 0.6) is 0 Å². The zero-order valence-electron chi connectivity index (χ0n) is 14.0. The van der Waals surface area contributed by atoms with Gasteiger partial charge in [0.1, 0.15) is 6.04 Å². The normalized spacial score (nSPS) is 13.0. The quantitative estimate of drug-likeness (QED) is 0.656. The second-order valence-electron chi connectivity index (χ2n) is 5.92. The molecule has 0 radical (unpaired) electrons. The summed E-state index contributed by atoms with van der Waals surface area (Å²) in [7, 11) is -3.76. The molecule has 0 unspecified atom stereocenters. The van der Waals surface area contributed by atoms with Gasteiger partial charge in [0.15, 0.2) is 0 Å². The Morgan fingerprint density at radius 3 is 2.44 bits per heavy atom. The molecule has 25 heavy (non-hydrogen) atoms. The van der Waals surface area contributed by atoms with E-state index in [1.807, 2.05) is 31.4 Å². The Bertz CT molecular complexity index is 788. The summed E-state index contributed by atoms with van der Waals surface area (Å²) in [5, 5.41) is 4.81. The van der Waals surface area contributed by atoms with E-state index in [1.165, 1.54) is 17.0 Å². The van der Waals surface area contributed by atoms with Crippen LogP contribution >= 0.6 is 27.3 Å². The molecule has 0 aliphatic carbocycles. The van der Waals surface area contributed by atoms with Crippen LogP contribution in [0, 0.1) is 5.92 Å². The highest BCUT2D eigenvalue weighted by atomic mass is 79.9. The van der Waals surface area contributed by atoms with E-state index < -0.39 is 16.1 Å². The molecule has 0 aliphatic rings. The van der Waals surface area contributed by atoms with Gasteiger partial charge in [-0.2, -0.15) is 4.72 Å². The lowest BCUT2D eigenvalue weighted by Crippen LogP contribution is -2.49. The van der Waals surface area contributed by atoms with Crippen molar-refractivity contribution < 1.29 is 13.2 Å². The van der Waals surface area contributed by atoms with E-state index in [0.29, 0.717) is 6.54 Å². The Labute approximate surface area is 161 Å². The second-order valence-corrected chi connectivity index (χ2v) is 9.58. The molecular formula is C17H21BrN2O3S2. The van der Waals surface area contributed by atoms with Gasteiger partial charge >= 0.3 is 0 Å². The number of rotatable bonds is 8. The molecule has 0 fully saturated rings. The lowest BCUT2D eigenvalue weighted by Gasteiger charge is -2.21. The van der Waals surface area contributed by atoms with Crippen molar-refractivity contribution >= 4 is 43.2 Å². The Kier molecular flexibility index (Phi) is 7.18. The molecule has 0 saturated heterocycles. The number of thiophene rings is 1. The third-order valence-corrected chi connectivity index (χ3v) is 6.53. The van der Waals surface area contributed by atoms with Gasteiger partial charge in [-0.25, -0.2) is 8.42 Å². The predicted octanol–water partition coefficient (Wildman–Crippen LogP) is 3.17. The highest BCUT2D eigenvalue weighted by molar-refractivity contribution is 9.10. The van der Waals surface area contributed by atoms with Gasteiger partial charge in [-0.1, -0.05) is 35.8 Å². The minimum Gasteiger partial charge on any atom is -0.354 e. The van der Waals surface area contributed by atoms with Crippen LogP contribution in [0.4, 0.5) is 0 Å². The standard InChI is InChI=1S/C17H21BrN2O3S2/c1-12(2)16(17(21)19-10-9-14-4-3-11-24-14)20-25(22,23)15-7-5-13(18)6-8-15/h3-8,11-12,16,20H,9-10H2,1-2H3,(H,19,21)/t16-/m1/s1. The van der Waals surface area contributed by atoms with Crippen LogP contribution in [0.25, 0.3) is 0 Å². The average Bonchev–Trinajstić information content (AvgIpc) is 3.06. The Balaban J connectivity index is 2.01. The highest BCUT2D eigenvalue weighted by Crippen LogP contribution is 2.16. The van der Waals surface area contributed by atoms with Crippen molar-refractivity contribution in [2.24, 2.45) is 5.92 Å². The van der Waals surface area contributed by atoms with Crippen molar-refractivity contribution in [1.82, 2.24) is 10.0 Å². The Hall–Kier alpha value is -1.22. The number of benzene rings is 1. The summed E-state index contributed by atoms with van der Waals surface area (Å²) in [6.45, 7) is 4.10. The molecule has 2 aromatic rings. The zero-order chi connectivity index (χ0) is 18.4. The summed E-state index contributed by atoms with van der Waals surface area (Å²) in [5.41, 5.74) is 0. The third-order valence-electron chi connectivity index (χ3n) is 3.61. The van der Waals surface area contributed by atoms with Gasteiger partial charge in [0.25, 0.3) is 0 Å². The maximum Gasteiger partial charge on any atom is 0.241 e. The summed E-state index contributed by atoms with van der Waals surface area (Å²) in [4.78, 5) is 13.7. The molecule has 1 heterocycles. The summed E-state index contributed by atoms with van der Waals surface area (Å²) in [6.07, 6.45) is 0.730. The molecule has 0 spiro atoms. The number of halogens is 1. The first-order valence-corrected chi connectivity index (χ1v) is 11.0. The van der Waals surface area contributed by atoms with Crippen molar-refractivity contribution in [2.75, 3.05) is 6.54 Å². The number of amides is 1. The summed E-state index contributed by atoms with van der Waals surface area (Å²) in [6, 6.07) is 9.45. The molecule has 0 bridgehead atoms. The average molecular weight is 445 g/mol. The molecule has 5 nitrogen and oxygen atoms in total. The van der Waals surface area contributed by atoms with Gasteiger partial charge in [-0.15, -0.1) is 11.3 Å². The lowest BCUT2D eigenvalue weighted by atomic mass is 10.1. The number of hydrogen-bond donors (Lipinski definition) is 2. The molecule has 0 aliphatic heterocycles. The second kappa shape index (κ2) is 8.93. The van der Waals surface area contributed by atoms with Gasteiger partial charge in [-0.3, -0.25) is 4.79 Å². The first-order valence-electron chi connectivity index (χ1n) is 7.87. The van der Waals surface area contributed by atoms with Crippen molar-refractivity contribution in [1.29, 1.82) is 0 Å². The van der Waals surface area contributed by atoms with Crippen LogP contribution in [0.1, 0.15) is 18.7 Å². The fourth-order valence-electron chi connectivity index (χ4n) is 2.21. The van der Waals surface area contributed by atoms with Crippen LogP contribution in [0.15, 0.2) is 51.1 Å². The van der Waals surface area contributed by atoms with E-state index in [-0.39, 0.29) is 16.7 Å². The molecular weight excluding hydrogens is 424 g/mol. The predicted molar refractivity (Wildman–Crippen MR) is 104 cm³/mol. The van der Waals surface area contributed by atoms with E-state index in [4.69, 9.17) is 0 Å². The van der Waals surface area contributed by atoms with Crippen LogP contribution in [-0.2, 0) is 21.2 Å². The SMILES string of the molecule is CC(C)[C@@H](NS(=O)(=O)c1ccc(Br)cc1)C(=O)NCCc1cccs1. The molecule has 1 amide bonds. The van der Waals surface area contributed by atoms with E-state index in [0.717, 1.165) is 10.9 Å². The molecule has 1 aromatic carbocycles. The summed E-state index contributed by atoms with van der Waals surface area (Å²) in [5.74, 6) is -0.487. The van der Waals surface area contributed by atoms with E-state index in [2.05, 4.69) is 26.0 Å². The van der Waals surface area contributed by atoms with Gasteiger partial charge < -0.3 is 5.32 Å². The molecule has 0 saturated carbocycles. The number of hydrogen-bond acceptors (Lipinski definition) is 4. The van der Waals surface area contributed by atoms with Gasteiger partial charge in [-0.05, 0) is 48.1 Å². The molecule has 136 valence electrons. The van der Waals surface area contributed by atoms with Crippen molar-refractivity contribution in [3.05, 3.63) is 51.1 Å². The van der Waals surface area contributed by atoms with Crippen LogP contribution < -0.4 is 10.0 Å². The first-order chi connectivity index (χ1) is 11.8. The van der Waals surface area contributed by atoms with Gasteiger partial charge in [0.05, 0.1) is 4.90 Å². The number of nitrogens with one attached hydrogen (secondary N) is 2. The monoisotopic (exact) mass is 444 g/mol. The zero-order valence-corrected chi connectivity index (χ0v) is 17.2. The number of carbonyl (C=O) groups excluding carboxylic acids is 1. The highest BCUT2D eigenvalue weighted by Gasteiger charge is 2.28. The first kappa shape index (κ1) is 20.1. The fourth-order valence-corrected chi connectivity index (χ4v) is 4.53.